The van der Waals surface area contributed by atoms with E-state index in [-0.39, 0.29) is 6.10 Å². The van der Waals surface area contributed by atoms with Crippen molar-refractivity contribution < 1.29 is 4.74 Å². The van der Waals surface area contributed by atoms with Crippen LogP contribution in [0.4, 0.5) is 0 Å². The Balaban J connectivity index is 2.10. The fourth-order valence-corrected chi connectivity index (χ4v) is 2.68. The third-order valence-electron chi connectivity index (χ3n) is 3.45. The van der Waals surface area contributed by atoms with Crippen molar-refractivity contribution in [3.05, 3.63) is 30.1 Å². The van der Waals surface area contributed by atoms with Crippen molar-refractivity contribution in [2.45, 2.75) is 39.3 Å². The molecule has 3 nitrogen and oxygen atoms in total. The third kappa shape index (κ3) is 2.03. The van der Waals surface area contributed by atoms with Crippen LogP contribution < -0.4 is 0 Å². The summed E-state index contributed by atoms with van der Waals surface area (Å²) in [5, 5.41) is 0. The summed E-state index contributed by atoms with van der Waals surface area (Å²) >= 11 is 0. The largest absolute Gasteiger partial charge is 0.370 e. The number of ether oxygens (including phenoxy) is 1. The molecule has 3 heteroatoms. The lowest BCUT2D eigenvalue weighted by Gasteiger charge is -2.15. The van der Waals surface area contributed by atoms with Crippen LogP contribution in [0.1, 0.15) is 38.6 Å². The normalized spacial score (nSPS) is 20.1. The maximum Gasteiger partial charge on any atom is 0.139 e. The number of imidazole rings is 1. The fourth-order valence-electron chi connectivity index (χ4n) is 2.68. The molecule has 1 aliphatic rings. The molecule has 0 bridgehead atoms. The summed E-state index contributed by atoms with van der Waals surface area (Å²) in [6.45, 7) is 6.37. The van der Waals surface area contributed by atoms with Gasteiger partial charge in [0.2, 0.25) is 0 Å². The zero-order chi connectivity index (χ0) is 12.5. The molecule has 1 aliphatic heterocycles. The highest BCUT2D eigenvalue weighted by Gasteiger charge is 2.24. The van der Waals surface area contributed by atoms with Crippen LogP contribution in [0.25, 0.3) is 11.0 Å². The molecule has 1 aromatic heterocycles. The first-order valence-corrected chi connectivity index (χ1v) is 6.82. The van der Waals surface area contributed by atoms with Crippen molar-refractivity contribution in [1.82, 2.24) is 9.55 Å². The van der Waals surface area contributed by atoms with E-state index in [1.807, 2.05) is 6.07 Å². The van der Waals surface area contributed by atoms with E-state index >= 15 is 0 Å². The van der Waals surface area contributed by atoms with E-state index in [0.29, 0.717) is 5.92 Å². The van der Waals surface area contributed by atoms with Crippen LogP contribution in [0, 0.1) is 5.92 Å². The van der Waals surface area contributed by atoms with Gasteiger partial charge in [-0.15, -0.1) is 0 Å². The van der Waals surface area contributed by atoms with Crippen molar-refractivity contribution in [2.24, 2.45) is 5.92 Å². The molecule has 0 aliphatic carbocycles. The van der Waals surface area contributed by atoms with Crippen LogP contribution in [0.3, 0.4) is 0 Å². The van der Waals surface area contributed by atoms with Crippen LogP contribution in [-0.4, -0.2) is 16.2 Å². The van der Waals surface area contributed by atoms with Crippen molar-refractivity contribution in [2.75, 3.05) is 6.61 Å². The monoisotopic (exact) mass is 244 g/mol. The minimum Gasteiger partial charge on any atom is -0.370 e. The number of fused-ring (bicyclic) bond motifs is 1. The molecule has 0 saturated carbocycles. The molecule has 0 N–H and O–H groups in total. The molecule has 1 atom stereocenters. The van der Waals surface area contributed by atoms with Gasteiger partial charge in [-0.3, -0.25) is 0 Å². The van der Waals surface area contributed by atoms with Gasteiger partial charge in [-0.25, -0.2) is 4.98 Å². The summed E-state index contributed by atoms with van der Waals surface area (Å²) in [5.74, 6) is 1.73. The van der Waals surface area contributed by atoms with Gasteiger partial charge in [0.15, 0.2) is 0 Å². The first-order chi connectivity index (χ1) is 8.75. The van der Waals surface area contributed by atoms with Gasteiger partial charge in [0.25, 0.3) is 0 Å². The summed E-state index contributed by atoms with van der Waals surface area (Å²) in [5.41, 5.74) is 2.32. The van der Waals surface area contributed by atoms with E-state index in [1.54, 1.807) is 0 Å². The number of aromatic nitrogens is 2. The van der Waals surface area contributed by atoms with E-state index in [0.717, 1.165) is 37.3 Å². The highest BCUT2D eigenvalue weighted by atomic mass is 16.5. The Bertz CT molecular complexity index is 538. The standard InChI is InChI=1S/C15H20N2O/c1-11(2)10-17-13-7-4-3-6-12(13)16-15(17)14-8-5-9-18-14/h3-4,6-7,11,14H,5,8-10H2,1-2H3/t14-/m1/s1. The summed E-state index contributed by atoms with van der Waals surface area (Å²) in [6.07, 6.45) is 2.44. The minimum atomic E-state index is 0.191. The van der Waals surface area contributed by atoms with Crippen LogP contribution in [0.2, 0.25) is 0 Å². The molecule has 2 heterocycles. The maximum absolute atomic E-state index is 5.81. The number of hydrogen-bond acceptors (Lipinski definition) is 2. The van der Waals surface area contributed by atoms with Crippen LogP contribution >= 0.6 is 0 Å². The molecule has 0 amide bonds. The Morgan fingerprint density at radius 2 is 2.22 bits per heavy atom. The van der Waals surface area contributed by atoms with E-state index in [4.69, 9.17) is 9.72 Å². The van der Waals surface area contributed by atoms with Gasteiger partial charge >= 0.3 is 0 Å². The average molecular weight is 244 g/mol. The van der Waals surface area contributed by atoms with Gasteiger partial charge in [-0.05, 0) is 30.9 Å². The van der Waals surface area contributed by atoms with Crippen molar-refractivity contribution in [1.29, 1.82) is 0 Å². The van der Waals surface area contributed by atoms with Crippen molar-refractivity contribution in [3.8, 4) is 0 Å². The van der Waals surface area contributed by atoms with E-state index in [9.17, 15) is 0 Å². The molecule has 1 saturated heterocycles. The summed E-state index contributed by atoms with van der Waals surface area (Å²) < 4.78 is 8.15. The second-order valence-electron chi connectivity index (χ2n) is 5.46. The Kier molecular flexibility index (Phi) is 3.08. The summed E-state index contributed by atoms with van der Waals surface area (Å²) in [6, 6.07) is 8.38. The van der Waals surface area contributed by atoms with Crippen molar-refractivity contribution >= 4 is 11.0 Å². The Hall–Kier alpha value is -1.35. The van der Waals surface area contributed by atoms with Gasteiger partial charge in [0, 0.05) is 13.2 Å². The highest BCUT2D eigenvalue weighted by Crippen LogP contribution is 2.30. The van der Waals surface area contributed by atoms with Crippen LogP contribution in [-0.2, 0) is 11.3 Å². The molecule has 3 rings (SSSR count). The van der Waals surface area contributed by atoms with E-state index < -0.39 is 0 Å². The number of rotatable bonds is 3. The SMILES string of the molecule is CC(C)Cn1c([C@H]2CCCO2)nc2ccccc21. The van der Waals surface area contributed by atoms with Crippen LogP contribution in [0.5, 0.6) is 0 Å². The fraction of sp³-hybridized carbons (Fsp3) is 0.533. The van der Waals surface area contributed by atoms with Gasteiger partial charge in [0.05, 0.1) is 11.0 Å². The molecule has 0 unspecified atom stereocenters. The van der Waals surface area contributed by atoms with E-state index in [1.165, 1.54) is 5.52 Å². The first kappa shape index (κ1) is 11.7. The third-order valence-corrected chi connectivity index (χ3v) is 3.45. The molecule has 2 aromatic rings. The number of nitrogens with zero attached hydrogens (tertiary/aromatic N) is 2. The summed E-state index contributed by atoms with van der Waals surface area (Å²) in [7, 11) is 0. The van der Waals surface area contributed by atoms with Crippen molar-refractivity contribution in [3.63, 3.8) is 0 Å². The molecule has 1 fully saturated rings. The number of para-hydroxylation sites is 2. The Morgan fingerprint density at radius 3 is 2.94 bits per heavy atom. The number of benzene rings is 1. The van der Waals surface area contributed by atoms with Gasteiger partial charge in [-0.1, -0.05) is 26.0 Å². The molecule has 18 heavy (non-hydrogen) atoms. The lowest BCUT2D eigenvalue weighted by molar-refractivity contribution is 0.102. The lowest BCUT2D eigenvalue weighted by atomic mass is 10.2. The molecule has 0 spiro atoms. The Labute approximate surface area is 108 Å². The summed E-state index contributed by atoms with van der Waals surface area (Å²) in [4.78, 5) is 4.79. The highest BCUT2D eigenvalue weighted by molar-refractivity contribution is 5.76. The second kappa shape index (κ2) is 4.73. The van der Waals surface area contributed by atoms with Gasteiger partial charge in [-0.2, -0.15) is 0 Å². The smallest absolute Gasteiger partial charge is 0.139 e. The lowest BCUT2D eigenvalue weighted by Crippen LogP contribution is -2.11. The quantitative estimate of drug-likeness (QED) is 0.825. The predicted octanol–water partition coefficient (Wildman–Crippen LogP) is 3.54. The maximum atomic E-state index is 5.81. The first-order valence-electron chi connectivity index (χ1n) is 6.82. The molecule has 1 aromatic carbocycles. The van der Waals surface area contributed by atoms with E-state index in [2.05, 4.69) is 36.6 Å². The zero-order valence-electron chi connectivity index (χ0n) is 11.1. The Morgan fingerprint density at radius 1 is 1.39 bits per heavy atom. The molecule has 0 radical (unpaired) electrons. The average Bonchev–Trinajstić information content (AvgIpc) is 2.96. The second-order valence-corrected chi connectivity index (χ2v) is 5.46. The zero-order valence-corrected chi connectivity index (χ0v) is 11.1. The molecular formula is C15H20N2O. The van der Waals surface area contributed by atoms with Gasteiger partial charge in [0.1, 0.15) is 11.9 Å². The predicted molar refractivity (Wildman–Crippen MR) is 72.5 cm³/mol. The van der Waals surface area contributed by atoms with Crippen LogP contribution in [0.15, 0.2) is 24.3 Å². The molecular weight excluding hydrogens is 224 g/mol. The topological polar surface area (TPSA) is 27.1 Å². The number of hydrogen-bond donors (Lipinski definition) is 0. The molecule has 96 valence electrons. The van der Waals surface area contributed by atoms with Gasteiger partial charge < -0.3 is 9.30 Å². The minimum absolute atomic E-state index is 0.191.